The lowest BCUT2D eigenvalue weighted by Gasteiger charge is -2.24. The molecule has 1 heterocycles. The molecule has 3 unspecified atom stereocenters. The van der Waals surface area contributed by atoms with Crippen LogP contribution >= 0.6 is 0 Å². The number of carboxylic acids is 1. The Labute approximate surface area is 108 Å². The van der Waals surface area contributed by atoms with Gasteiger partial charge < -0.3 is 15.2 Å². The van der Waals surface area contributed by atoms with Crippen LogP contribution < -0.4 is 5.32 Å². The second-order valence-electron chi connectivity index (χ2n) is 4.90. The van der Waals surface area contributed by atoms with Crippen LogP contribution in [0.1, 0.15) is 46.5 Å². The average molecular weight is 257 g/mol. The highest BCUT2D eigenvalue weighted by Crippen LogP contribution is 2.21. The van der Waals surface area contributed by atoms with Gasteiger partial charge in [-0.15, -0.1) is 0 Å². The predicted octanol–water partition coefficient (Wildman–Crippen LogP) is 1.56. The van der Waals surface area contributed by atoms with E-state index in [1.807, 2.05) is 6.92 Å². The van der Waals surface area contributed by atoms with Crippen LogP contribution in [0.5, 0.6) is 0 Å². The number of nitrogens with one attached hydrogen (secondary N) is 1. The normalized spacial score (nSPS) is 25.1. The quantitative estimate of drug-likeness (QED) is 0.757. The van der Waals surface area contributed by atoms with Crippen molar-refractivity contribution in [2.75, 3.05) is 0 Å². The van der Waals surface area contributed by atoms with Gasteiger partial charge >= 0.3 is 5.97 Å². The van der Waals surface area contributed by atoms with Gasteiger partial charge in [0.2, 0.25) is 5.91 Å². The lowest BCUT2D eigenvalue weighted by molar-refractivity contribution is -0.152. The van der Waals surface area contributed by atoms with Gasteiger partial charge in [0.05, 0.1) is 0 Å². The fourth-order valence-electron chi connectivity index (χ4n) is 2.44. The summed E-state index contributed by atoms with van der Waals surface area (Å²) in [6.45, 7) is 6.19. The zero-order valence-corrected chi connectivity index (χ0v) is 11.3. The van der Waals surface area contributed by atoms with Gasteiger partial charge in [0.25, 0.3) is 0 Å². The van der Waals surface area contributed by atoms with Gasteiger partial charge in [-0.25, -0.2) is 4.79 Å². The van der Waals surface area contributed by atoms with E-state index in [0.29, 0.717) is 18.8 Å². The minimum atomic E-state index is -0.988. The highest BCUT2D eigenvalue weighted by molar-refractivity contribution is 5.82. The van der Waals surface area contributed by atoms with E-state index in [0.717, 1.165) is 12.8 Å². The van der Waals surface area contributed by atoms with E-state index in [1.54, 1.807) is 0 Å². The Morgan fingerprint density at radius 2 is 1.83 bits per heavy atom. The van der Waals surface area contributed by atoms with Crippen LogP contribution in [0, 0.1) is 5.92 Å². The zero-order chi connectivity index (χ0) is 13.7. The standard InChI is InChI=1S/C13H23NO4/c1-4-9(5-2)8(3)14-12(15)10-6-7-11(18-10)13(16)17/h8-11H,4-7H2,1-3H3,(H,14,15)(H,16,17). The molecule has 0 aromatic rings. The Hall–Kier alpha value is -1.10. The fraction of sp³-hybridized carbons (Fsp3) is 0.846. The van der Waals surface area contributed by atoms with E-state index in [2.05, 4.69) is 19.2 Å². The number of aliphatic carboxylic acids is 1. The number of amides is 1. The first-order valence-electron chi connectivity index (χ1n) is 6.68. The Morgan fingerprint density at radius 1 is 1.28 bits per heavy atom. The smallest absolute Gasteiger partial charge is 0.332 e. The fourth-order valence-corrected chi connectivity index (χ4v) is 2.44. The third kappa shape index (κ3) is 3.70. The summed E-state index contributed by atoms with van der Waals surface area (Å²) in [5.41, 5.74) is 0. The van der Waals surface area contributed by atoms with Crippen molar-refractivity contribution < 1.29 is 19.4 Å². The molecular formula is C13H23NO4. The van der Waals surface area contributed by atoms with Crippen molar-refractivity contribution in [3.05, 3.63) is 0 Å². The SMILES string of the molecule is CCC(CC)C(C)NC(=O)C1CCC(C(=O)O)O1. The lowest BCUT2D eigenvalue weighted by Crippen LogP contribution is -2.43. The molecule has 104 valence electrons. The highest BCUT2D eigenvalue weighted by Gasteiger charge is 2.35. The van der Waals surface area contributed by atoms with E-state index in [4.69, 9.17) is 9.84 Å². The van der Waals surface area contributed by atoms with Gasteiger partial charge in [-0.05, 0) is 25.7 Å². The van der Waals surface area contributed by atoms with E-state index in [1.165, 1.54) is 0 Å². The molecule has 0 bridgehead atoms. The summed E-state index contributed by atoms with van der Waals surface area (Å²) < 4.78 is 5.22. The molecule has 3 atom stereocenters. The van der Waals surface area contributed by atoms with Crippen LogP contribution in [0.4, 0.5) is 0 Å². The van der Waals surface area contributed by atoms with Gasteiger partial charge in [-0.1, -0.05) is 26.7 Å². The number of hydrogen-bond donors (Lipinski definition) is 2. The molecule has 0 aromatic heterocycles. The van der Waals surface area contributed by atoms with Crippen molar-refractivity contribution in [1.29, 1.82) is 0 Å². The molecule has 1 rings (SSSR count). The van der Waals surface area contributed by atoms with Gasteiger partial charge in [-0.2, -0.15) is 0 Å². The Bertz CT molecular complexity index is 301. The third-order valence-corrected chi connectivity index (χ3v) is 3.71. The lowest BCUT2D eigenvalue weighted by atomic mass is 9.95. The Morgan fingerprint density at radius 3 is 2.28 bits per heavy atom. The molecule has 1 amide bonds. The first-order valence-corrected chi connectivity index (χ1v) is 6.68. The molecule has 0 aromatic carbocycles. The number of ether oxygens (including phenoxy) is 1. The summed E-state index contributed by atoms with van der Waals surface area (Å²) in [6, 6.07) is 0.0972. The molecule has 1 saturated heterocycles. The van der Waals surface area contributed by atoms with Crippen LogP contribution in [0.15, 0.2) is 0 Å². The minimum Gasteiger partial charge on any atom is -0.479 e. The van der Waals surface area contributed by atoms with Crippen LogP contribution in [0.2, 0.25) is 0 Å². The first kappa shape index (κ1) is 15.0. The van der Waals surface area contributed by atoms with Gasteiger partial charge in [0, 0.05) is 6.04 Å². The maximum Gasteiger partial charge on any atom is 0.332 e. The number of carboxylic acid groups (broad SMARTS) is 1. The molecule has 1 aliphatic heterocycles. The zero-order valence-electron chi connectivity index (χ0n) is 11.3. The van der Waals surface area contributed by atoms with Crippen molar-refractivity contribution in [3.8, 4) is 0 Å². The maximum atomic E-state index is 11.9. The molecule has 0 saturated carbocycles. The van der Waals surface area contributed by atoms with E-state index >= 15 is 0 Å². The van der Waals surface area contributed by atoms with Gasteiger partial charge in [0.15, 0.2) is 6.10 Å². The topological polar surface area (TPSA) is 75.6 Å². The van der Waals surface area contributed by atoms with Gasteiger partial charge in [0.1, 0.15) is 6.10 Å². The monoisotopic (exact) mass is 257 g/mol. The molecule has 18 heavy (non-hydrogen) atoms. The number of hydrogen-bond acceptors (Lipinski definition) is 3. The molecule has 5 heteroatoms. The van der Waals surface area contributed by atoms with E-state index < -0.39 is 18.2 Å². The van der Waals surface area contributed by atoms with Crippen molar-refractivity contribution in [2.24, 2.45) is 5.92 Å². The average Bonchev–Trinajstić information content (AvgIpc) is 2.79. The molecule has 2 N–H and O–H groups in total. The minimum absolute atomic E-state index is 0.0972. The van der Waals surface area contributed by atoms with Gasteiger partial charge in [-0.3, -0.25) is 4.79 Å². The summed E-state index contributed by atoms with van der Waals surface area (Å²) in [5.74, 6) is -0.720. The number of rotatable bonds is 6. The molecule has 0 spiro atoms. The molecule has 1 aliphatic rings. The second kappa shape index (κ2) is 6.73. The molecule has 5 nitrogen and oxygen atoms in total. The number of carbonyl (C=O) groups is 2. The highest BCUT2D eigenvalue weighted by atomic mass is 16.5. The van der Waals surface area contributed by atoms with Crippen LogP contribution in [0.25, 0.3) is 0 Å². The molecule has 1 fully saturated rings. The predicted molar refractivity (Wildman–Crippen MR) is 67.2 cm³/mol. The van der Waals surface area contributed by atoms with Crippen LogP contribution in [-0.2, 0) is 14.3 Å². The summed E-state index contributed by atoms with van der Waals surface area (Å²) in [5, 5.41) is 11.7. The van der Waals surface area contributed by atoms with Crippen LogP contribution in [-0.4, -0.2) is 35.2 Å². The van der Waals surface area contributed by atoms with Crippen molar-refractivity contribution in [1.82, 2.24) is 5.32 Å². The summed E-state index contributed by atoms with van der Waals surface area (Å²) in [4.78, 5) is 22.7. The molecule has 0 radical (unpaired) electrons. The van der Waals surface area contributed by atoms with Crippen molar-refractivity contribution >= 4 is 11.9 Å². The van der Waals surface area contributed by atoms with Crippen LogP contribution in [0.3, 0.4) is 0 Å². The van der Waals surface area contributed by atoms with E-state index in [9.17, 15) is 9.59 Å². The largest absolute Gasteiger partial charge is 0.479 e. The maximum absolute atomic E-state index is 11.9. The molecular weight excluding hydrogens is 234 g/mol. The third-order valence-electron chi connectivity index (χ3n) is 3.71. The van der Waals surface area contributed by atoms with Crippen molar-refractivity contribution in [2.45, 2.75) is 64.7 Å². The van der Waals surface area contributed by atoms with Crippen molar-refractivity contribution in [3.63, 3.8) is 0 Å². The van der Waals surface area contributed by atoms with E-state index in [-0.39, 0.29) is 11.9 Å². The Kier molecular flexibility index (Phi) is 5.59. The second-order valence-corrected chi connectivity index (χ2v) is 4.90. The Balaban J connectivity index is 2.44. The summed E-state index contributed by atoms with van der Waals surface area (Å²) >= 11 is 0. The first-order chi connectivity index (χ1) is 8.49. The summed E-state index contributed by atoms with van der Waals surface area (Å²) in [6.07, 6.45) is 1.49. The number of carbonyl (C=O) groups excluding carboxylic acids is 1. The summed E-state index contributed by atoms with van der Waals surface area (Å²) in [7, 11) is 0. The molecule has 0 aliphatic carbocycles.